The first-order chi connectivity index (χ1) is 18.2. The van der Waals surface area contributed by atoms with Crippen LogP contribution in [0.1, 0.15) is 71.6 Å². The lowest BCUT2D eigenvalue weighted by atomic mass is 9.76. The number of nitrogens with one attached hydrogen (secondary N) is 3. The van der Waals surface area contributed by atoms with Gasteiger partial charge in [-0.15, -0.1) is 0 Å². The van der Waals surface area contributed by atoms with E-state index >= 15 is 0 Å². The highest BCUT2D eigenvalue weighted by Gasteiger charge is 2.43. The van der Waals surface area contributed by atoms with Gasteiger partial charge in [0, 0.05) is 62.1 Å². The number of urea groups is 1. The molecule has 0 unspecified atom stereocenters. The van der Waals surface area contributed by atoms with Crippen LogP contribution in [0.3, 0.4) is 0 Å². The molecule has 2 aliphatic heterocycles. The summed E-state index contributed by atoms with van der Waals surface area (Å²) in [6, 6.07) is 0.472. The van der Waals surface area contributed by atoms with E-state index < -0.39 is 17.9 Å². The van der Waals surface area contributed by atoms with Gasteiger partial charge in [0.2, 0.25) is 0 Å². The Kier molecular flexibility index (Phi) is 9.70. The maximum atomic E-state index is 12.5. The van der Waals surface area contributed by atoms with E-state index in [1.165, 1.54) is 32.1 Å². The number of carbonyl (C=O) groups excluding carboxylic acids is 1. The van der Waals surface area contributed by atoms with Gasteiger partial charge in [-0.25, -0.2) is 14.4 Å². The minimum absolute atomic E-state index is 0.103. The van der Waals surface area contributed by atoms with Crippen molar-refractivity contribution in [2.45, 2.75) is 83.7 Å². The Labute approximate surface area is 225 Å². The molecule has 3 fully saturated rings. The molecule has 10 nitrogen and oxygen atoms in total. The molecule has 4 aliphatic rings. The largest absolute Gasteiger partial charge is 0.478 e. The van der Waals surface area contributed by atoms with Crippen molar-refractivity contribution in [1.82, 2.24) is 25.8 Å². The Morgan fingerprint density at radius 3 is 2.13 bits per heavy atom. The van der Waals surface area contributed by atoms with Gasteiger partial charge < -0.3 is 31.1 Å². The van der Waals surface area contributed by atoms with Crippen LogP contribution >= 0.6 is 0 Å². The molecular formula is C28H45N5O5. The van der Waals surface area contributed by atoms with Crippen LogP contribution in [-0.2, 0) is 9.59 Å². The lowest BCUT2D eigenvalue weighted by molar-refractivity contribution is -0.134. The zero-order valence-electron chi connectivity index (χ0n) is 22.9. The quantitative estimate of drug-likeness (QED) is 0.287. The fourth-order valence-electron chi connectivity index (χ4n) is 7.07. The molecule has 0 aromatic rings. The van der Waals surface area contributed by atoms with E-state index in [1.54, 1.807) is 13.8 Å². The Bertz CT molecular complexity index is 913. The first kappa shape index (κ1) is 28.4. The fraction of sp³-hybridized carbons (Fsp3) is 0.750. The minimum Gasteiger partial charge on any atom is -0.478 e. The number of dihydropyridines is 1. The number of hydrogen-bond acceptors (Lipinski definition) is 6. The number of rotatable bonds is 9. The Hall–Kier alpha value is -2.59. The van der Waals surface area contributed by atoms with Gasteiger partial charge in [-0.3, -0.25) is 4.90 Å². The van der Waals surface area contributed by atoms with E-state index in [1.807, 2.05) is 0 Å². The smallest absolute Gasteiger partial charge is 0.333 e. The number of carboxylic acid groups (broad SMARTS) is 2. The number of allylic oxidation sites excluding steroid dienone is 2. The number of hydrogen-bond donors (Lipinski definition) is 5. The summed E-state index contributed by atoms with van der Waals surface area (Å²) in [7, 11) is 0. The van der Waals surface area contributed by atoms with Crippen LogP contribution in [0, 0.1) is 11.8 Å². The van der Waals surface area contributed by atoms with Crippen LogP contribution in [-0.4, -0.2) is 89.3 Å². The van der Waals surface area contributed by atoms with Gasteiger partial charge in [0.1, 0.15) is 0 Å². The van der Waals surface area contributed by atoms with Gasteiger partial charge in [0.05, 0.1) is 11.1 Å². The summed E-state index contributed by atoms with van der Waals surface area (Å²) in [4.78, 5) is 41.7. The molecule has 2 heterocycles. The lowest BCUT2D eigenvalue weighted by Crippen LogP contribution is -2.51. The second-order valence-corrected chi connectivity index (χ2v) is 11.5. The average Bonchev–Trinajstić information content (AvgIpc) is 3.34. The zero-order chi connectivity index (χ0) is 27.2. The van der Waals surface area contributed by atoms with Crippen LogP contribution in [0.15, 0.2) is 22.5 Å². The molecule has 2 amide bonds. The predicted octanol–water partition coefficient (Wildman–Crippen LogP) is 2.73. The van der Waals surface area contributed by atoms with Crippen molar-refractivity contribution in [1.29, 1.82) is 0 Å². The zero-order valence-corrected chi connectivity index (χ0v) is 22.9. The molecule has 0 spiro atoms. The van der Waals surface area contributed by atoms with Crippen molar-refractivity contribution < 1.29 is 24.6 Å². The molecule has 0 aromatic carbocycles. The van der Waals surface area contributed by atoms with E-state index in [2.05, 4.69) is 25.8 Å². The second-order valence-electron chi connectivity index (χ2n) is 11.5. The maximum absolute atomic E-state index is 12.5. The average molecular weight is 532 g/mol. The van der Waals surface area contributed by atoms with Crippen molar-refractivity contribution in [2.24, 2.45) is 11.8 Å². The monoisotopic (exact) mass is 531 g/mol. The molecule has 10 heteroatoms. The topological polar surface area (TPSA) is 134 Å². The van der Waals surface area contributed by atoms with Gasteiger partial charge in [-0.1, -0.05) is 19.3 Å². The highest BCUT2D eigenvalue weighted by atomic mass is 16.4. The normalized spacial score (nSPS) is 26.4. The molecule has 38 heavy (non-hydrogen) atoms. The van der Waals surface area contributed by atoms with Crippen molar-refractivity contribution in [3.05, 3.63) is 22.5 Å². The highest BCUT2D eigenvalue weighted by Crippen LogP contribution is 2.43. The number of aliphatic carboxylic acids is 2. The standard InChI is InChI=1S/C28H45N5O5/c1-18-23(26(34)35)25(24(27(36)37)19(2)30-18)20-9-10-21(17-20)31-28(38)29-11-6-12-32-13-15-33(16-14-32)22-7-4-3-5-8-22/h20-22,25,30H,3-17H2,1-2H3,(H,34,35)(H,36,37)(H2,29,31,38)/t20-,21+/m0/s1. The molecule has 2 saturated carbocycles. The first-order valence-corrected chi connectivity index (χ1v) is 14.4. The van der Waals surface area contributed by atoms with Gasteiger partial charge in [0.15, 0.2) is 0 Å². The second kappa shape index (κ2) is 13.0. The SMILES string of the molecule is CC1=C(C(=O)O)C([C@H]2CC[C@@H](NC(=O)NCCCN3CCN(C4CCCCC4)CC3)C2)C(C(=O)O)=C(C)N1. The number of carbonyl (C=O) groups is 3. The molecule has 0 aromatic heterocycles. The number of carboxylic acids is 2. The van der Waals surface area contributed by atoms with Crippen LogP contribution in [0.2, 0.25) is 0 Å². The van der Waals surface area contributed by atoms with Crippen LogP contribution in [0.5, 0.6) is 0 Å². The molecule has 5 N–H and O–H groups in total. The minimum atomic E-state index is -1.10. The molecule has 2 atom stereocenters. The summed E-state index contributed by atoms with van der Waals surface area (Å²) in [6.07, 6.45) is 9.66. The first-order valence-electron chi connectivity index (χ1n) is 14.4. The third-order valence-electron chi connectivity index (χ3n) is 8.98. The number of nitrogens with zero attached hydrogens (tertiary/aromatic N) is 2. The van der Waals surface area contributed by atoms with Gasteiger partial charge >= 0.3 is 18.0 Å². The van der Waals surface area contributed by atoms with E-state index in [0.29, 0.717) is 37.2 Å². The van der Waals surface area contributed by atoms with Gasteiger partial charge in [0.25, 0.3) is 0 Å². The van der Waals surface area contributed by atoms with Crippen molar-refractivity contribution >= 4 is 18.0 Å². The molecule has 212 valence electrons. The third-order valence-corrected chi connectivity index (χ3v) is 8.98. The van der Waals surface area contributed by atoms with Crippen LogP contribution in [0.4, 0.5) is 4.79 Å². The molecular weight excluding hydrogens is 486 g/mol. The molecule has 1 saturated heterocycles. The summed E-state index contributed by atoms with van der Waals surface area (Å²) in [5, 5.41) is 28.6. The van der Waals surface area contributed by atoms with Crippen LogP contribution < -0.4 is 16.0 Å². The molecule has 4 rings (SSSR count). The summed E-state index contributed by atoms with van der Waals surface area (Å²) in [5.74, 6) is -3.05. The predicted molar refractivity (Wildman–Crippen MR) is 144 cm³/mol. The Balaban J connectivity index is 1.18. The molecule has 0 bridgehead atoms. The Morgan fingerprint density at radius 1 is 0.895 bits per heavy atom. The highest BCUT2D eigenvalue weighted by molar-refractivity contribution is 5.96. The van der Waals surface area contributed by atoms with E-state index in [4.69, 9.17) is 0 Å². The molecule has 2 aliphatic carbocycles. The summed E-state index contributed by atoms with van der Waals surface area (Å²) < 4.78 is 0. The number of amides is 2. The van der Waals surface area contributed by atoms with Crippen molar-refractivity contribution in [3.8, 4) is 0 Å². The Morgan fingerprint density at radius 2 is 1.53 bits per heavy atom. The fourth-order valence-corrected chi connectivity index (χ4v) is 7.07. The molecule has 0 radical (unpaired) electrons. The summed E-state index contributed by atoms with van der Waals surface area (Å²) in [5.41, 5.74) is 1.19. The third kappa shape index (κ3) is 6.88. The van der Waals surface area contributed by atoms with Crippen LogP contribution in [0.25, 0.3) is 0 Å². The van der Waals surface area contributed by atoms with E-state index in [9.17, 15) is 24.6 Å². The summed E-state index contributed by atoms with van der Waals surface area (Å²) >= 11 is 0. The van der Waals surface area contributed by atoms with E-state index in [-0.39, 0.29) is 29.1 Å². The lowest BCUT2D eigenvalue weighted by Gasteiger charge is -2.40. The van der Waals surface area contributed by atoms with Gasteiger partial charge in [-0.05, 0) is 64.8 Å². The summed E-state index contributed by atoms with van der Waals surface area (Å²) in [6.45, 7) is 9.43. The van der Waals surface area contributed by atoms with Crippen molar-refractivity contribution in [2.75, 3.05) is 39.3 Å². The van der Waals surface area contributed by atoms with Crippen molar-refractivity contribution in [3.63, 3.8) is 0 Å². The van der Waals surface area contributed by atoms with E-state index in [0.717, 1.165) is 45.2 Å². The van der Waals surface area contributed by atoms with Gasteiger partial charge in [-0.2, -0.15) is 0 Å². The maximum Gasteiger partial charge on any atom is 0.333 e. The number of piperazine rings is 1.